The summed E-state index contributed by atoms with van der Waals surface area (Å²) < 4.78 is 34.2. The normalized spacial score (nSPS) is 35.7. The summed E-state index contributed by atoms with van der Waals surface area (Å²) in [6.45, 7) is 3.48. The minimum absolute atomic E-state index is 0.0386. The summed E-state index contributed by atoms with van der Waals surface area (Å²) in [5.74, 6) is 0.670. The van der Waals surface area contributed by atoms with Gasteiger partial charge in [0, 0.05) is 24.5 Å². The van der Waals surface area contributed by atoms with Gasteiger partial charge in [-0.2, -0.15) is 0 Å². The van der Waals surface area contributed by atoms with Gasteiger partial charge in [-0.25, -0.2) is 13.1 Å². The lowest BCUT2D eigenvalue weighted by Gasteiger charge is -2.38. The highest BCUT2D eigenvalue weighted by molar-refractivity contribution is 7.90. The highest BCUT2D eigenvalue weighted by Crippen LogP contribution is 2.29. The molecule has 0 unspecified atom stereocenters. The van der Waals surface area contributed by atoms with Crippen LogP contribution in [0.1, 0.15) is 64.2 Å². The fraction of sp³-hybridized carbons (Fsp3) is 1.00. The molecule has 1 atom stereocenters. The van der Waals surface area contributed by atoms with E-state index in [1.807, 2.05) is 0 Å². The molecule has 0 spiro atoms. The van der Waals surface area contributed by atoms with Crippen molar-refractivity contribution < 1.29 is 18.3 Å². The molecule has 0 radical (unpaired) electrons. The number of rotatable bonds is 8. The number of aliphatic hydroxyl groups is 1. The molecule has 2 N–H and O–H groups in total. The van der Waals surface area contributed by atoms with E-state index in [2.05, 4.69) is 9.62 Å². The lowest BCUT2D eigenvalue weighted by Crippen LogP contribution is -2.51. The molecule has 0 aromatic carbocycles. The van der Waals surface area contributed by atoms with Crippen LogP contribution in [-0.2, 0) is 14.8 Å². The minimum Gasteiger partial charge on any atom is -0.394 e. The third kappa shape index (κ3) is 6.81. The topological polar surface area (TPSA) is 78.9 Å². The van der Waals surface area contributed by atoms with Gasteiger partial charge in [0.1, 0.15) is 0 Å². The van der Waals surface area contributed by atoms with Crippen molar-refractivity contribution in [2.24, 2.45) is 5.92 Å². The molecule has 8 heteroatoms. The fourth-order valence-electron chi connectivity index (χ4n) is 5.04. The van der Waals surface area contributed by atoms with E-state index < -0.39 is 10.0 Å². The Morgan fingerprint density at radius 1 is 1.04 bits per heavy atom. The zero-order chi connectivity index (χ0) is 20.0. The highest BCUT2D eigenvalue weighted by atomic mass is 35.5. The van der Waals surface area contributed by atoms with Crippen LogP contribution < -0.4 is 4.72 Å². The Hall–Kier alpha value is 0.0800. The van der Waals surface area contributed by atoms with Crippen molar-refractivity contribution in [2.75, 3.05) is 32.8 Å². The fourth-order valence-corrected chi connectivity index (χ4v) is 7.04. The number of alkyl halides is 1. The van der Waals surface area contributed by atoms with Crippen LogP contribution in [0, 0.1) is 5.92 Å². The van der Waals surface area contributed by atoms with Crippen LogP contribution in [0.25, 0.3) is 0 Å². The van der Waals surface area contributed by atoms with Crippen molar-refractivity contribution in [3.63, 3.8) is 0 Å². The molecule has 1 saturated heterocycles. The van der Waals surface area contributed by atoms with E-state index in [9.17, 15) is 8.42 Å². The molecule has 2 saturated carbocycles. The summed E-state index contributed by atoms with van der Waals surface area (Å²) in [7, 11) is -3.25. The Balaban J connectivity index is 1.42. The first-order valence-corrected chi connectivity index (χ1v) is 13.0. The minimum atomic E-state index is -3.25. The summed E-state index contributed by atoms with van der Waals surface area (Å²) in [5.41, 5.74) is 0. The third-order valence-corrected chi connectivity index (χ3v) is 9.08. The van der Waals surface area contributed by atoms with E-state index in [-0.39, 0.29) is 23.3 Å². The van der Waals surface area contributed by atoms with Crippen molar-refractivity contribution in [3.8, 4) is 0 Å². The first-order valence-electron chi connectivity index (χ1n) is 11.1. The summed E-state index contributed by atoms with van der Waals surface area (Å²) in [4.78, 5) is 2.45. The first kappa shape index (κ1) is 22.8. The van der Waals surface area contributed by atoms with Gasteiger partial charge >= 0.3 is 0 Å². The second-order valence-electron chi connectivity index (χ2n) is 8.87. The second-order valence-corrected chi connectivity index (χ2v) is 11.5. The number of halogens is 1. The molecule has 3 rings (SSSR count). The van der Waals surface area contributed by atoms with Gasteiger partial charge in [-0.3, -0.25) is 0 Å². The number of sulfonamides is 1. The van der Waals surface area contributed by atoms with Crippen LogP contribution >= 0.6 is 11.6 Å². The van der Waals surface area contributed by atoms with Crippen LogP contribution in [0.15, 0.2) is 0 Å². The van der Waals surface area contributed by atoms with Crippen LogP contribution in [-0.4, -0.2) is 74.0 Å². The standard InChI is InChI=1S/C20H37ClN2O4S/c21-17-5-9-20(10-6-17)28(25,26)22-18-2-1-11-23(15-18)14-16-3-7-19(8-4-16)27-13-12-24/h16-20,22,24H,1-15H2/t16?,17?,18-,19?,20?/m1/s1. The molecule has 164 valence electrons. The molecule has 3 aliphatic rings. The average Bonchev–Trinajstić information content (AvgIpc) is 2.68. The molecule has 3 fully saturated rings. The molecular weight excluding hydrogens is 400 g/mol. The smallest absolute Gasteiger partial charge is 0.214 e. The summed E-state index contributed by atoms with van der Waals surface area (Å²) >= 11 is 6.13. The zero-order valence-corrected chi connectivity index (χ0v) is 18.5. The number of hydrogen-bond donors (Lipinski definition) is 2. The lowest BCUT2D eigenvalue weighted by atomic mass is 9.86. The molecule has 6 nitrogen and oxygen atoms in total. The Morgan fingerprint density at radius 2 is 1.75 bits per heavy atom. The second kappa shape index (κ2) is 10.9. The quantitative estimate of drug-likeness (QED) is 0.571. The van der Waals surface area contributed by atoms with Gasteiger partial charge in [-0.15, -0.1) is 11.6 Å². The van der Waals surface area contributed by atoms with Gasteiger partial charge in [0.05, 0.1) is 24.6 Å². The number of nitrogens with one attached hydrogen (secondary N) is 1. The molecule has 0 bridgehead atoms. The predicted molar refractivity (Wildman–Crippen MR) is 112 cm³/mol. The molecule has 0 amide bonds. The predicted octanol–water partition coefficient (Wildman–Crippen LogP) is 2.49. The van der Waals surface area contributed by atoms with Gasteiger partial charge in [0.25, 0.3) is 0 Å². The highest BCUT2D eigenvalue weighted by Gasteiger charge is 2.33. The van der Waals surface area contributed by atoms with E-state index in [4.69, 9.17) is 21.4 Å². The van der Waals surface area contributed by atoms with Crippen LogP contribution in [0.5, 0.6) is 0 Å². The molecule has 28 heavy (non-hydrogen) atoms. The monoisotopic (exact) mass is 436 g/mol. The summed E-state index contributed by atoms with van der Waals surface area (Å²) in [6, 6.07) is 0.0386. The van der Waals surface area contributed by atoms with E-state index in [0.29, 0.717) is 31.5 Å². The summed E-state index contributed by atoms with van der Waals surface area (Å²) in [5, 5.41) is 8.75. The summed E-state index contributed by atoms with van der Waals surface area (Å²) in [6.07, 6.45) is 9.70. The molecule has 1 heterocycles. The van der Waals surface area contributed by atoms with Crippen LogP contribution in [0.4, 0.5) is 0 Å². The Bertz CT molecular complexity index is 561. The molecule has 1 aliphatic heterocycles. The van der Waals surface area contributed by atoms with Crippen molar-refractivity contribution in [1.29, 1.82) is 0 Å². The zero-order valence-electron chi connectivity index (χ0n) is 16.9. The van der Waals surface area contributed by atoms with Crippen molar-refractivity contribution >= 4 is 21.6 Å². The number of piperidine rings is 1. The number of ether oxygens (including phenoxy) is 1. The average molecular weight is 437 g/mol. The maximum absolute atomic E-state index is 12.8. The maximum Gasteiger partial charge on any atom is 0.214 e. The van der Waals surface area contributed by atoms with Crippen molar-refractivity contribution in [1.82, 2.24) is 9.62 Å². The van der Waals surface area contributed by atoms with E-state index in [1.54, 1.807) is 0 Å². The number of hydrogen-bond acceptors (Lipinski definition) is 5. The molecule has 2 aliphatic carbocycles. The number of likely N-dealkylation sites (tertiary alicyclic amines) is 1. The Labute approximate surface area is 175 Å². The first-order chi connectivity index (χ1) is 13.5. The van der Waals surface area contributed by atoms with E-state index in [0.717, 1.165) is 71.0 Å². The van der Waals surface area contributed by atoms with E-state index in [1.165, 1.54) is 0 Å². The third-order valence-electron chi connectivity index (χ3n) is 6.63. The van der Waals surface area contributed by atoms with Gasteiger partial charge in [-0.05, 0) is 76.7 Å². The Morgan fingerprint density at radius 3 is 2.43 bits per heavy atom. The number of aliphatic hydroxyl groups excluding tert-OH is 1. The largest absolute Gasteiger partial charge is 0.394 e. The SMILES string of the molecule is O=S(=O)(N[C@@H]1CCCN(CC2CCC(OCCO)CC2)C1)C1CCC(Cl)CC1. The van der Waals surface area contributed by atoms with Crippen LogP contribution in [0.2, 0.25) is 0 Å². The van der Waals surface area contributed by atoms with Crippen LogP contribution in [0.3, 0.4) is 0 Å². The van der Waals surface area contributed by atoms with Gasteiger partial charge < -0.3 is 14.7 Å². The van der Waals surface area contributed by atoms with Crippen molar-refractivity contribution in [3.05, 3.63) is 0 Å². The van der Waals surface area contributed by atoms with Gasteiger partial charge in [0.15, 0.2) is 0 Å². The maximum atomic E-state index is 12.8. The lowest BCUT2D eigenvalue weighted by molar-refractivity contribution is -0.00335. The van der Waals surface area contributed by atoms with Gasteiger partial charge in [-0.1, -0.05) is 0 Å². The van der Waals surface area contributed by atoms with Gasteiger partial charge in [0.2, 0.25) is 10.0 Å². The molecule has 0 aromatic heterocycles. The van der Waals surface area contributed by atoms with E-state index >= 15 is 0 Å². The molecular formula is C20H37ClN2O4S. The molecule has 0 aromatic rings. The van der Waals surface area contributed by atoms with Crippen molar-refractivity contribution in [2.45, 2.75) is 87.0 Å². The Kier molecular flexibility index (Phi) is 8.87. The number of nitrogens with zero attached hydrogens (tertiary/aromatic N) is 1.